The van der Waals surface area contributed by atoms with Gasteiger partial charge in [-0.25, -0.2) is 4.79 Å². The van der Waals surface area contributed by atoms with Crippen LogP contribution in [0.25, 0.3) is 0 Å². The van der Waals surface area contributed by atoms with Crippen LogP contribution in [0.5, 0.6) is 0 Å². The summed E-state index contributed by atoms with van der Waals surface area (Å²) < 4.78 is 4.87. The van der Waals surface area contributed by atoms with Crippen LogP contribution in [0.2, 0.25) is 0 Å². The van der Waals surface area contributed by atoms with Gasteiger partial charge in [0, 0.05) is 50.2 Å². The molecule has 2 N–H and O–H groups in total. The highest BCUT2D eigenvalue weighted by molar-refractivity contribution is 5.94. The molecule has 1 saturated heterocycles. The largest absolute Gasteiger partial charge is 0.463 e. The first-order chi connectivity index (χ1) is 13.7. The summed E-state index contributed by atoms with van der Waals surface area (Å²) in [6.07, 6.45) is 0. The molecule has 1 fully saturated rings. The number of esters is 1. The first-order valence-electron chi connectivity index (χ1n) is 9.86. The number of piperazine rings is 1. The van der Waals surface area contributed by atoms with Crippen molar-refractivity contribution >= 4 is 17.8 Å². The van der Waals surface area contributed by atoms with Gasteiger partial charge in [-0.3, -0.25) is 14.5 Å². The van der Waals surface area contributed by atoms with Gasteiger partial charge in [-0.05, 0) is 17.7 Å². The topological polar surface area (TPSA) is 99.2 Å². The van der Waals surface area contributed by atoms with Gasteiger partial charge in [-0.15, -0.1) is 0 Å². The highest BCUT2D eigenvalue weighted by atomic mass is 16.5. The molecule has 0 atom stereocenters. The van der Waals surface area contributed by atoms with Crippen molar-refractivity contribution in [3.63, 3.8) is 0 Å². The van der Waals surface area contributed by atoms with Crippen molar-refractivity contribution in [1.82, 2.24) is 15.1 Å². The number of benzene rings is 1. The summed E-state index contributed by atoms with van der Waals surface area (Å²) in [6, 6.07) is 7.34. The fourth-order valence-corrected chi connectivity index (χ4v) is 2.95. The van der Waals surface area contributed by atoms with E-state index in [0.717, 1.165) is 5.56 Å². The number of aliphatic hydroxyl groups is 1. The molecule has 1 heterocycles. The molecule has 0 spiro atoms. The Bertz CT molecular complexity index is 721. The van der Waals surface area contributed by atoms with E-state index in [4.69, 9.17) is 9.84 Å². The highest BCUT2D eigenvalue weighted by Gasteiger charge is 2.23. The van der Waals surface area contributed by atoms with Gasteiger partial charge >= 0.3 is 5.97 Å². The summed E-state index contributed by atoms with van der Waals surface area (Å²) >= 11 is 0. The maximum absolute atomic E-state index is 12.8. The molecule has 29 heavy (non-hydrogen) atoms. The van der Waals surface area contributed by atoms with Gasteiger partial charge in [0.1, 0.15) is 13.2 Å². The van der Waals surface area contributed by atoms with E-state index in [-0.39, 0.29) is 18.4 Å². The van der Waals surface area contributed by atoms with Gasteiger partial charge in [-0.2, -0.15) is 0 Å². The molecule has 1 aliphatic heterocycles. The Labute approximate surface area is 171 Å². The van der Waals surface area contributed by atoms with Crippen LogP contribution >= 0.6 is 0 Å². The number of hydrogen-bond acceptors (Lipinski definition) is 6. The van der Waals surface area contributed by atoms with Crippen LogP contribution in [0.3, 0.4) is 0 Å². The summed E-state index contributed by atoms with van der Waals surface area (Å²) in [7, 11) is 0. The summed E-state index contributed by atoms with van der Waals surface area (Å²) in [5.74, 6) is -0.687. The average Bonchev–Trinajstić information content (AvgIpc) is 2.71. The smallest absolute Gasteiger partial charge is 0.331 e. The van der Waals surface area contributed by atoms with Crippen molar-refractivity contribution in [2.24, 2.45) is 5.41 Å². The average molecular weight is 405 g/mol. The third-order valence-electron chi connectivity index (χ3n) is 4.77. The van der Waals surface area contributed by atoms with Crippen molar-refractivity contribution in [2.45, 2.75) is 27.3 Å². The SMILES string of the molecule is CC(C)(C)C(=O)NCc1cccc(C(=O)N2CCN(CCOC(=O)CO)CC2)c1. The zero-order chi connectivity index (χ0) is 21.4. The second kappa shape index (κ2) is 10.4. The van der Waals surface area contributed by atoms with Gasteiger partial charge in [0.05, 0.1) is 0 Å². The lowest BCUT2D eigenvalue weighted by atomic mass is 9.95. The number of nitrogens with one attached hydrogen (secondary N) is 1. The van der Waals surface area contributed by atoms with Crippen LogP contribution in [-0.2, 0) is 20.9 Å². The molecule has 8 nitrogen and oxygen atoms in total. The van der Waals surface area contributed by atoms with Crippen LogP contribution in [0, 0.1) is 5.41 Å². The molecule has 0 aromatic heterocycles. The Morgan fingerprint density at radius 1 is 1.14 bits per heavy atom. The van der Waals surface area contributed by atoms with E-state index < -0.39 is 18.0 Å². The van der Waals surface area contributed by atoms with E-state index in [1.54, 1.807) is 6.07 Å². The van der Waals surface area contributed by atoms with Crippen LogP contribution in [0.1, 0.15) is 36.7 Å². The molecule has 0 unspecified atom stereocenters. The normalized spacial score (nSPS) is 15.1. The summed E-state index contributed by atoms with van der Waals surface area (Å²) in [4.78, 5) is 39.7. The number of ether oxygens (including phenoxy) is 1. The molecule has 0 saturated carbocycles. The van der Waals surface area contributed by atoms with Gasteiger partial charge in [0.25, 0.3) is 5.91 Å². The Morgan fingerprint density at radius 2 is 1.83 bits per heavy atom. The van der Waals surface area contributed by atoms with E-state index in [2.05, 4.69) is 10.2 Å². The minimum atomic E-state index is -0.627. The Kier molecular flexibility index (Phi) is 8.16. The molecule has 1 aromatic carbocycles. The van der Waals surface area contributed by atoms with Crippen LogP contribution in [-0.4, -0.2) is 78.6 Å². The van der Waals surface area contributed by atoms with Gasteiger partial charge in [0.2, 0.25) is 5.91 Å². The minimum absolute atomic E-state index is 0.0274. The number of aliphatic hydroxyl groups excluding tert-OH is 1. The number of carbonyl (C=O) groups is 3. The third kappa shape index (κ3) is 7.14. The number of rotatable bonds is 7. The van der Waals surface area contributed by atoms with Crippen molar-refractivity contribution < 1.29 is 24.2 Å². The predicted octanol–water partition coefficient (Wildman–Crippen LogP) is 0.642. The molecule has 0 radical (unpaired) electrons. The Morgan fingerprint density at radius 3 is 2.45 bits per heavy atom. The van der Waals surface area contributed by atoms with Crippen molar-refractivity contribution in [3.05, 3.63) is 35.4 Å². The first kappa shape index (κ1) is 22.8. The second-order valence-electron chi connectivity index (χ2n) is 8.15. The monoisotopic (exact) mass is 405 g/mol. The number of nitrogens with zero attached hydrogens (tertiary/aromatic N) is 2. The zero-order valence-electron chi connectivity index (χ0n) is 17.4. The summed E-state index contributed by atoms with van der Waals surface area (Å²) in [5.41, 5.74) is 1.04. The van der Waals surface area contributed by atoms with Crippen LogP contribution in [0.4, 0.5) is 0 Å². The van der Waals surface area contributed by atoms with E-state index >= 15 is 0 Å². The lowest BCUT2D eigenvalue weighted by molar-refractivity contribution is -0.147. The van der Waals surface area contributed by atoms with Crippen molar-refractivity contribution in [1.29, 1.82) is 0 Å². The molecular weight excluding hydrogens is 374 g/mol. The zero-order valence-corrected chi connectivity index (χ0v) is 17.4. The van der Waals surface area contributed by atoms with Crippen LogP contribution < -0.4 is 5.32 Å². The third-order valence-corrected chi connectivity index (χ3v) is 4.77. The minimum Gasteiger partial charge on any atom is -0.463 e. The quantitative estimate of drug-likeness (QED) is 0.646. The fourth-order valence-electron chi connectivity index (χ4n) is 2.95. The lowest BCUT2D eigenvalue weighted by Gasteiger charge is -2.34. The van der Waals surface area contributed by atoms with Crippen LogP contribution in [0.15, 0.2) is 24.3 Å². The standard InChI is InChI=1S/C21H31N3O5/c1-21(2,3)20(28)22-14-16-5-4-6-17(13-16)19(27)24-9-7-23(8-10-24)11-12-29-18(26)15-25/h4-6,13,25H,7-12,14-15H2,1-3H3,(H,22,28). The van der Waals surface area contributed by atoms with Crippen molar-refractivity contribution in [2.75, 3.05) is 45.9 Å². The Hall–Kier alpha value is -2.45. The van der Waals surface area contributed by atoms with Gasteiger partial charge in [0.15, 0.2) is 0 Å². The molecule has 2 rings (SSSR count). The molecule has 1 aromatic rings. The van der Waals surface area contributed by atoms with E-state index in [1.165, 1.54) is 0 Å². The number of amides is 2. The number of carbonyl (C=O) groups excluding carboxylic acids is 3. The molecule has 8 heteroatoms. The van der Waals surface area contributed by atoms with E-state index in [1.807, 2.05) is 43.9 Å². The molecular formula is C21H31N3O5. The van der Waals surface area contributed by atoms with Gasteiger partial charge < -0.3 is 20.1 Å². The maximum Gasteiger partial charge on any atom is 0.331 e. The molecule has 1 aliphatic rings. The maximum atomic E-state index is 12.8. The summed E-state index contributed by atoms with van der Waals surface area (Å²) in [5, 5.41) is 11.5. The predicted molar refractivity (Wildman–Crippen MR) is 108 cm³/mol. The second-order valence-corrected chi connectivity index (χ2v) is 8.15. The molecule has 160 valence electrons. The van der Waals surface area contributed by atoms with E-state index in [0.29, 0.717) is 44.8 Å². The molecule has 0 aliphatic carbocycles. The first-order valence-corrected chi connectivity index (χ1v) is 9.86. The Balaban J connectivity index is 1.83. The van der Waals surface area contributed by atoms with Crippen molar-refractivity contribution in [3.8, 4) is 0 Å². The molecule has 2 amide bonds. The highest BCUT2D eigenvalue weighted by Crippen LogP contribution is 2.14. The fraction of sp³-hybridized carbons (Fsp3) is 0.571. The van der Waals surface area contributed by atoms with Gasteiger partial charge in [-0.1, -0.05) is 32.9 Å². The lowest BCUT2D eigenvalue weighted by Crippen LogP contribution is -2.49. The number of hydrogen-bond donors (Lipinski definition) is 2. The van der Waals surface area contributed by atoms with E-state index in [9.17, 15) is 14.4 Å². The molecule has 0 bridgehead atoms. The summed E-state index contributed by atoms with van der Waals surface area (Å²) in [6.45, 7) is 8.75.